The van der Waals surface area contributed by atoms with Crippen LogP contribution < -0.4 is 11.5 Å². The van der Waals surface area contributed by atoms with E-state index in [1.807, 2.05) is 6.92 Å². The van der Waals surface area contributed by atoms with Gasteiger partial charge in [-0.25, -0.2) is 9.59 Å². The molecular weight excluding hydrogens is 208 g/mol. The second-order valence-corrected chi connectivity index (χ2v) is 2.78. The van der Waals surface area contributed by atoms with Crippen molar-refractivity contribution < 1.29 is 30.0 Å². The van der Waals surface area contributed by atoms with Gasteiger partial charge in [-0.3, -0.25) is 0 Å². The summed E-state index contributed by atoms with van der Waals surface area (Å²) in [7, 11) is 0. The minimum Gasteiger partial charge on any atom is -0.479 e. The molecule has 0 radical (unpaired) electrons. The maximum absolute atomic E-state index is 9.77. The molecule has 0 saturated carbocycles. The van der Waals surface area contributed by atoms with Crippen molar-refractivity contribution in [3.8, 4) is 0 Å². The summed E-state index contributed by atoms with van der Waals surface area (Å²) in [5.74, 6) is -3.54. The summed E-state index contributed by atoms with van der Waals surface area (Å²) in [5, 5.41) is 32.5. The van der Waals surface area contributed by atoms with Crippen LogP contribution in [0.15, 0.2) is 0 Å². The Bertz CT molecular complexity index is 190. The van der Waals surface area contributed by atoms with Gasteiger partial charge in [-0.15, -0.1) is 0 Å². The average Bonchev–Trinajstić information content (AvgIpc) is 2.16. The quantitative estimate of drug-likeness (QED) is 0.297. The number of hydrogen-bond acceptors (Lipinski definition) is 6. The summed E-state index contributed by atoms with van der Waals surface area (Å²) in [4.78, 5) is 19.5. The predicted molar refractivity (Wildman–Crippen MR) is 50.0 cm³/mol. The van der Waals surface area contributed by atoms with E-state index in [9.17, 15) is 9.59 Å². The topological polar surface area (TPSA) is 167 Å². The van der Waals surface area contributed by atoms with Gasteiger partial charge in [0.2, 0.25) is 0 Å². The van der Waals surface area contributed by atoms with Gasteiger partial charge in [-0.1, -0.05) is 0 Å². The Morgan fingerprint density at radius 3 is 1.40 bits per heavy atom. The predicted octanol–water partition coefficient (Wildman–Crippen LogP) is -2.83. The summed E-state index contributed by atoms with van der Waals surface area (Å²) < 4.78 is 0. The largest absolute Gasteiger partial charge is 0.479 e. The number of carbonyl (C=O) groups is 2. The molecule has 0 fully saturated rings. The number of carboxylic acid groups (broad SMARTS) is 2. The highest BCUT2D eigenvalue weighted by molar-refractivity contribution is 5.83. The molecule has 0 aromatic heterocycles. The molecule has 8 N–H and O–H groups in total. The molecule has 0 bridgehead atoms. The Kier molecular flexibility index (Phi) is 8.78. The highest BCUT2D eigenvalue weighted by atomic mass is 16.4. The number of hydrogen-bond donors (Lipinski definition) is 6. The molecule has 8 heteroatoms. The summed E-state index contributed by atoms with van der Waals surface area (Å²) in [6, 6.07) is 0.162. The zero-order chi connectivity index (χ0) is 12.6. The van der Waals surface area contributed by atoms with E-state index in [1.165, 1.54) is 0 Å². The zero-order valence-corrected chi connectivity index (χ0v) is 8.20. The highest BCUT2D eigenvalue weighted by Crippen LogP contribution is 1.92. The Morgan fingerprint density at radius 2 is 1.33 bits per heavy atom. The molecule has 15 heavy (non-hydrogen) atoms. The molecule has 0 heterocycles. The van der Waals surface area contributed by atoms with Gasteiger partial charge >= 0.3 is 11.9 Å². The van der Waals surface area contributed by atoms with E-state index in [2.05, 4.69) is 0 Å². The van der Waals surface area contributed by atoms with E-state index < -0.39 is 24.1 Å². The van der Waals surface area contributed by atoms with E-state index in [0.29, 0.717) is 6.54 Å². The summed E-state index contributed by atoms with van der Waals surface area (Å²) in [5.41, 5.74) is 10.2. The Labute approximate surface area is 86.1 Å². The smallest absolute Gasteiger partial charge is 0.335 e. The first-order valence-corrected chi connectivity index (χ1v) is 4.01. The van der Waals surface area contributed by atoms with Crippen molar-refractivity contribution in [3.63, 3.8) is 0 Å². The van der Waals surface area contributed by atoms with E-state index in [1.54, 1.807) is 0 Å². The van der Waals surface area contributed by atoms with Gasteiger partial charge in [-0.05, 0) is 6.92 Å². The van der Waals surface area contributed by atoms with Crippen LogP contribution >= 0.6 is 0 Å². The number of carboxylic acids is 2. The third-order valence-corrected chi connectivity index (χ3v) is 1.18. The molecule has 0 aromatic rings. The lowest BCUT2D eigenvalue weighted by Gasteiger charge is -2.07. The molecule has 8 nitrogen and oxygen atoms in total. The highest BCUT2D eigenvalue weighted by Gasteiger charge is 2.29. The van der Waals surface area contributed by atoms with Gasteiger partial charge in [-0.2, -0.15) is 0 Å². The second-order valence-electron chi connectivity index (χ2n) is 2.78. The van der Waals surface area contributed by atoms with Gasteiger partial charge in [0.25, 0.3) is 0 Å². The number of aliphatic carboxylic acids is 2. The molecule has 2 unspecified atom stereocenters. The van der Waals surface area contributed by atoms with Crippen molar-refractivity contribution in [2.24, 2.45) is 11.5 Å². The first-order chi connectivity index (χ1) is 6.73. The molecule has 0 aliphatic heterocycles. The SMILES string of the molecule is C[C@H](N)CN.O=C(O)C(O)C(O)C(=O)O. The first-order valence-electron chi connectivity index (χ1n) is 4.01. The first kappa shape index (κ1) is 16.2. The summed E-state index contributed by atoms with van der Waals surface area (Å²) in [6.45, 7) is 2.46. The standard InChI is InChI=1S/C4H6O6.C3H10N2/c5-1(3(7)8)2(6)4(9)10;1-3(5)2-4/h1-2,5-6H,(H,7,8)(H,9,10);3H,2,4-5H2,1H3/t;3-/m.0/s1. The van der Waals surface area contributed by atoms with Crippen LogP contribution in [0.5, 0.6) is 0 Å². The van der Waals surface area contributed by atoms with Crippen LogP contribution in [-0.4, -0.2) is 57.2 Å². The van der Waals surface area contributed by atoms with Crippen LogP contribution in [0, 0.1) is 0 Å². The third-order valence-electron chi connectivity index (χ3n) is 1.18. The lowest BCUT2D eigenvalue weighted by molar-refractivity contribution is -0.165. The lowest BCUT2D eigenvalue weighted by Crippen LogP contribution is -2.39. The zero-order valence-electron chi connectivity index (χ0n) is 8.20. The molecule has 0 spiro atoms. The monoisotopic (exact) mass is 224 g/mol. The molecule has 0 aromatic carbocycles. The van der Waals surface area contributed by atoms with Crippen LogP contribution in [0.4, 0.5) is 0 Å². The van der Waals surface area contributed by atoms with Crippen molar-refractivity contribution in [3.05, 3.63) is 0 Å². The van der Waals surface area contributed by atoms with E-state index in [4.69, 9.17) is 31.9 Å². The van der Waals surface area contributed by atoms with Crippen molar-refractivity contribution in [1.29, 1.82) is 0 Å². The van der Waals surface area contributed by atoms with Crippen LogP contribution in [0.2, 0.25) is 0 Å². The second kappa shape index (κ2) is 8.12. The Balaban J connectivity index is 0. The van der Waals surface area contributed by atoms with Crippen molar-refractivity contribution in [2.75, 3.05) is 6.54 Å². The van der Waals surface area contributed by atoms with Crippen LogP contribution in [0.3, 0.4) is 0 Å². The maximum atomic E-state index is 9.77. The Hall–Kier alpha value is -1.22. The van der Waals surface area contributed by atoms with Crippen molar-refractivity contribution in [2.45, 2.75) is 25.2 Å². The van der Waals surface area contributed by atoms with Crippen molar-refractivity contribution >= 4 is 11.9 Å². The van der Waals surface area contributed by atoms with Crippen LogP contribution in [0.1, 0.15) is 6.92 Å². The van der Waals surface area contributed by atoms with Gasteiger partial charge in [0, 0.05) is 12.6 Å². The normalized spacial score (nSPS) is 15.5. The van der Waals surface area contributed by atoms with Gasteiger partial charge in [0.1, 0.15) is 0 Å². The van der Waals surface area contributed by atoms with Gasteiger partial charge in [0.15, 0.2) is 12.2 Å². The minimum absolute atomic E-state index is 0.162. The fourth-order valence-electron chi connectivity index (χ4n) is 0.270. The molecular formula is C7H16N2O6. The number of aliphatic hydroxyl groups excluding tert-OH is 2. The molecule has 0 aliphatic rings. The number of aliphatic hydroxyl groups is 2. The average molecular weight is 224 g/mol. The van der Waals surface area contributed by atoms with E-state index >= 15 is 0 Å². The minimum atomic E-state index is -2.27. The molecule has 0 aliphatic carbocycles. The van der Waals surface area contributed by atoms with Crippen LogP contribution in [-0.2, 0) is 9.59 Å². The Morgan fingerprint density at radius 1 is 1.13 bits per heavy atom. The number of rotatable bonds is 4. The summed E-state index contributed by atoms with van der Waals surface area (Å²) in [6.07, 6.45) is -4.53. The molecule has 0 amide bonds. The van der Waals surface area contributed by atoms with Crippen LogP contribution in [0.25, 0.3) is 0 Å². The van der Waals surface area contributed by atoms with Gasteiger partial charge < -0.3 is 31.9 Å². The van der Waals surface area contributed by atoms with E-state index in [-0.39, 0.29) is 6.04 Å². The fourth-order valence-corrected chi connectivity index (χ4v) is 0.270. The third kappa shape index (κ3) is 9.09. The summed E-state index contributed by atoms with van der Waals surface area (Å²) >= 11 is 0. The fraction of sp³-hybridized carbons (Fsp3) is 0.714. The maximum Gasteiger partial charge on any atom is 0.335 e. The molecule has 0 saturated heterocycles. The van der Waals surface area contributed by atoms with Crippen molar-refractivity contribution in [1.82, 2.24) is 0 Å². The van der Waals surface area contributed by atoms with Gasteiger partial charge in [0.05, 0.1) is 0 Å². The molecule has 90 valence electrons. The van der Waals surface area contributed by atoms with E-state index in [0.717, 1.165) is 0 Å². The molecule has 3 atom stereocenters. The lowest BCUT2D eigenvalue weighted by atomic mass is 10.2. The number of nitrogens with two attached hydrogens (primary N) is 2. The molecule has 0 rings (SSSR count).